The predicted molar refractivity (Wildman–Crippen MR) is 71.7 cm³/mol. The van der Waals surface area contributed by atoms with Crippen molar-refractivity contribution < 1.29 is 14.2 Å². The Morgan fingerprint density at radius 1 is 1.06 bits per heavy atom. The molecule has 0 amide bonds. The zero-order chi connectivity index (χ0) is 12.7. The third-order valence-electron chi connectivity index (χ3n) is 2.46. The largest absolute Gasteiger partial charge is 0.497 e. The van der Waals surface area contributed by atoms with E-state index in [0.29, 0.717) is 18.5 Å². The zero-order valence-electron chi connectivity index (χ0n) is 10.5. The number of alkyl halides is 1. The molecule has 0 aromatic heterocycles. The molecule has 1 aromatic rings. The third kappa shape index (κ3) is 3.44. The van der Waals surface area contributed by atoms with Crippen LogP contribution in [0.2, 0.25) is 0 Å². The number of halogens is 1. The highest BCUT2D eigenvalue weighted by molar-refractivity contribution is 9.09. The van der Waals surface area contributed by atoms with Crippen molar-refractivity contribution >= 4 is 15.9 Å². The first-order valence-corrected chi connectivity index (χ1v) is 6.83. The number of hydrogen-bond donors (Lipinski definition) is 0. The fourth-order valence-corrected chi connectivity index (χ4v) is 2.32. The Labute approximate surface area is 111 Å². The van der Waals surface area contributed by atoms with Gasteiger partial charge in [0.15, 0.2) is 0 Å². The van der Waals surface area contributed by atoms with Crippen LogP contribution in [-0.2, 0) is 15.3 Å². The molecule has 1 aromatic carbocycles. The average molecular weight is 303 g/mol. The van der Waals surface area contributed by atoms with Gasteiger partial charge in [-0.05, 0) is 38.1 Å². The van der Waals surface area contributed by atoms with Crippen molar-refractivity contribution in [2.45, 2.75) is 19.6 Å². The first kappa shape index (κ1) is 14.5. The van der Waals surface area contributed by atoms with Crippen LogP contribution in [0.5, 0.6) is 5.75 Å². The van der Waals surface area contributed by atoms with Gasteiger partial charge in [0.1, 0.15) is 5.75 Å². The summed E-state index contributed by atoms with van der Waals surface area (Å²) in [5.41, 5.74) is 0.985. The second-order valence-electron chi connectivity index (χ2n) is 3.48. The van der Waals surface area contributed by atoms with Crippen LogP contribution in [0.1, 0.15) is 19.4 Å². The highest BCUT2D eigenvalue weighted by Gasteiger charge is 2.32. The summed E-state index contributed by atoms with van der Waals surface area (Å²) in [4.78, 5) is 0. The highest BCUT2D eigenvalue weighted by Crippen LogP contribution is 2.30. The maximum absolute atomic E-state index is 5.77. The van der Waals surface area contributed by atoms with Crippen molar-refractivity contribution in [2.24, 2.45) is 0 Å². The lowest BCUT2D eigenvalue weighted by Crippen LogP contribution is -2.35. The van der Waals surface area contributed by atoms with Crippen LogP contribution in [0.15, 0.2) is 24.3 Å². The first-order chi connectivity index (χ1) is 8.22. The molecule has 0 aliphatic heterocycles. The molecule has 0 saturated carbocycles. The summed E-state index contributed by atoms with van der Waals surface area (Å²) >= 11 is 3.47. The molecule has 4 heteroatoms. The molecule has 0 aliphatic carbocycles. The molecule has 1 rings (SSSR count). The Balaban J connectivity index is 3.01. The molecule has 96 valence electrons. The molecule has 0 heterocycles. The Morgan fingerprint density at radius 2 is 1.59 bits per heavy atom. The van der Waals surface area contributed by atoms with E-state index in [2.05, 4.69) is 15.9 Å². The van der Waals surface area contributed by atoms with Crippen molar-refractivity contribution in [2.75, 3.05) is 25.7 Å². The van der Waals surface area contributed by atoms with Crippen LogP contribution in [0, 0.1) is 0 Å². The maximum Gasteiger partial charge on any atom is 0.204 e. The van der Waals surface area contributed by atoms with Crippen molar-refractivity contribution in [1.82, 2.24) is 0 Å². The average Bonchev–Trinajstić information content (AvgIpc) is 2.38. The minimum Gasteiger partial charge on any atom is -0.497 e. The molecule has 0 atom stereocenters. The van der Waals surface area contributed by atoms with Gasteiger partial charge in [0, 0.05) is 18.8 Å². The summed E-state index contributed by atoms with van der Waals surface area (Å²) in [7, 11) is 1.65. The van der Waals surface area contributed by atoms with Gasteiger partial charge < -0.3 is 14.2 Å². The molecule has 0 saturated heterocycles. The van der Waals surface area contributed by atoms with Gasteiger partial charge in [-0.3, -0.25) is 0 Å². The Morgan fingerprint density at radius 3 is 1.94 bits per heavy atom. The van der Waals surface area contributed by atoms with E-state index in [0.717, 1.165) is 11.3 Å². The second-order valence-corrected chi connectivity index (χ2v) is 4.04. The maximum atomic E-state index is 5.77. The summed E-state index contributed by atoms with van der Waals surface area (Å²) in [5, 5.41) is 0.591. The first-order valence-electron chi connectivity index (χ1n) is 5.70. The minimum atomic E-state index is -0.713. The molecule has 0 spiro atoms. The van der Waals surface area contributed by atoms with Gasteiger partial charge in [-0.2, -0.15) is 0 Å². The highest BCUT2D eigenvalue weighted by atomic mass is 79.9. The van der Waals surface area contributed by atoms with Crippen molar-refractivity contribution in [3.8, 4) is 5.75 Å². The molecule has 0 bridgehead atoms. The van der Waals surface area contributed by atoms with Crippen LogP contribution >= 0.6 is 15.9 Å². The Hall–Kier alpha value is -0.580. The monoisotopic (exact) mass is 302 g/mol. The van der Waals surface area contributed by atoms with E-state index in [9.17, 15) is 0 Å². The van der Waals surface area contributed by atoms with E-state index in [-0.39, 0.29) is 0 Å². The summed E-state index contributed by atoms with van der Waals surface area (Å²) in [6.45, 7) is 5.11. The molecule has 0 radical (unpaired) electrons. The third-order valence-corrected chi connectivity index (χ3v) is 3.20. The molecule has 0 fully saturated rings. The molecule has 0 N–H and O–H groups in total. The van der Waals surface area contributed by atoms with E-state index in [1.54, 1.807) is 7.11 Å². The summed E-state index contributed by atoms with van der Waals surface area (Å²) < 4.78 is 16.7. The molecular formula is C13H19BrO3. The molecule has 0 unspecified atom stereocenters. The van der Waals surface area contributed by atoms with E-state index in [4.69, 9.17) is 14.2 Å². The number of methoxy groups -OCH3 is 1. The number of rotatable bonds is 7. The van der Waals surface area contributed by atoms with Crippen molar-refractivity contribution in [3.05, 3.63) is 29.8 Å². The zero-order valence-corrected chi connectivity index (χ0v) is 12.1. The fourth-order valence-electron chi connectivity index (χ4n) is 1.67. The quantitative estimate of drug-likeness (QED) is 0.571. The van der Waals surface area contributed by atoms with Gasteiger partial charge in [0.05, 0.1) is 12.4 Å². The smallest absolute Gasteiger partial charge is 0.204 e. The predicted octanol–water partition coefficient (Wildman–Crippen LogP) is 3.32. The van der Waals surface area contributed by atoms with Crippen LogP contribution in [0.3, 0.4) is 0 Å². The van der Waals surface area contributed by atoms with Gasteiger partial charge in [0.2, 0.25) is 5.79 Å². The lowest BCUT2D eigenvalue weighted by atomic mass is 10.1. The number of ether oxygens (including phenoxy) is 3. The number of benzene rings is 1. The molecule has 17 heavy (non-hydrogen) atoms. The van der Waals surface area contributed by atoms with E-state index in [1.807, 2.05) is 38.1 Å². The van der Waals surface area contributed by atoms with Crippen molar-refractivity contribution in [3.63, 3.8) is 0 Å². The van der Waals surface area contributed by atoms with Crippen LogP contribution in [-0.4, -0.2) is 25.7 Å². The second kappa shape index (κ2) is 6.99. The van der Waals surface area contributed by atoms with Crippen LogP contribution < -0.4 is 4.74 Å². The molecule has 3 nitrogen and oxygen atoms in total. The summed E-state index contributed by atoms with van der Waals surface area (Å²) in [5.74, 6) is 0.112. The minimum absolute atomic E-state index is 0.591. The summed E-state index contributed by atoms with van der Waals surface area (Å²) in [6.07, 6.45) is 0. The SMILES string of the molecule is CCOC(CBr)(OCC)c1ccc(OC)cc1. The molecular weight excluding hydrogens is 284 g/mol. The summed E-state index contributed by atoms with van der Waals surface area (Å²) in [6, 6.07) is 7.74. The topological polar surface area (TPSA) is 27.7 Å². The Bertz CT molecular complexity index is 318. The van der Waals surface area contributed by atoms with Crippen LogP contribution in [0.4, 0.5) is 0 Å². The van der Waals surface area contributed by atoms with Crippen LogP contribution in [0.25, 0.3) is 0 Å². The van der Waals surface area contributed by atoms with Gasteiger partial charge in [-0.1, -0.05) is 15.9 Å². The van der Waals surface area contributed by atoms with E-state index < -0.39 is 5.79 Å². The molecule has 0 aliphatic rings. The lowest BCUT2D eigenvalue weighted by molar-refractivity contribution is -0.225. The van der Waals surface area contributed by atoms with Gasteiger partial charge in [0.25, 0.3) is 0 Å². The normalized spacial score (nSPS) is 11.5. The Kier molecular flexibility index (Phi) is 5.95. The van der Waals surface area contributed by atoms with Crippen molar-refractivity contribution in [1.29, 1.82) is 0 Å². The van der Waals surface area contributed by atoms with Gasteiger partial charge in [-0.15, -0.1) is 0 Å². The fraction of sp³-hybridized carbons (Fsp3) is 0.538. The van der Waals surface area contributed by atoms with Gasteiger partial charge in [-0.25, -0.2) is 0 Å². The van der Waals surface area contributed by atoms with Gasteiger partial charge >= 0.3 is 0 Å². The standard InChI is InChI=1S/C13H19BrO3/c1-4-16-13(10-14,17-5-2)11-6-8-12(15-3)9-7-11/h6-9H,4-5,10H2,1-3H3. The van der Waals surface area contributed by atoms with E-state index >= 15 is 0 Å². The number of hydrogen-bond acceptors (Lipinski definition) is 3. The van der Waals surface area contributed by atoms with E-state index in [1.165, 1.54) is 0 Å². The lowest BCUT2D eigenvalue weighted by Gasteiger charge is -2.32.